The molecule has 1 aromatic rings. The van der Waals surface area contributed by atoms with Crippen LogP contribution in [0.4, 0.5) is 0 Å². The van der Waals surface area contributed by atoms with Gasteiger partial charge in [0.15, 0.2) is 0 Å². The van der Waals surface area contributed by atoms with Gasteiger partial charge in [0.1, 0.15) is 0 Å². The van der Waals surface area contributed by atoms with Crippen molar-refractivity contribution in [3.8, 4) is 0 Å². The fraction of sp³-hybridized carbons (Fsp3) is 0.417. The molecule has 0 radical (unpaired) electrons. The van der Waals surface area contributed by atoms with Crippen LogP contribution in [0.3, 0.4) is 0 Å². The third-order valence-electron chi connectivity index (χ3n) is 2.48. The van der Waals surface area contributed by atoms with Gasteiger partial charge in [-0.2, -0.15) is 0 Å². The Morgan fingerprint density at radius 2 is 2.05 bits per heavy atom. The van der Waals surface area contributed by atoms with Crippen molar-refractivity contribution in [2.24, 2.45) is 0 Å². The quantitative estimate of drug-likeness (QED) is 0.824. The molecule has 1 unspecified atom stereocenters. The van der Waals surface area contributed by atoms with Gasteiger partial charge in [0, 0.05) is 12.6 Å². The van der Waals surface area contributed by atoms with Crippen molar-refractivity contribution in [1.29, 1.82) is 0 Å². The van der Waals surface area contributed by atoms with Gasteiger partial charge < -0.3 is 10.0 Å². The second-order valence-electron chi connectivity index (χ2n) is 4.73. The normalized spacial score (nSPS) is 13.4. The zero-order valence-electron chi connectivity index (χ0n) is 11.4. The number of nitrogens with zero attached hydrogens (tertiary/aromatic N) is 1. The number of halogens is 1. The van der Waals surface area contributed by atoms with E-state index in [1.807, 2.05) is 19.0 Å². The van der Waals surface area contributed by atoms with Gasteiger partial charge >= 0.3 is 5.97 Å². The van der Waals surface area contributed by atoms with Crippen molar-refractivity contribution < 1.29 is 18.3 Å². The highest BCUT2D eigenvalue weighted by Crippen LogP contribution is 2.21. The van der Waals surface area contributed by atoms with Crippen molar-refractivity contribution in [1.82, 2.24) is 9.62 Å². The van der Waals surface area contributed by atoms with E-state index in [4.69, 9.17) is 16.7 Å². The van der Waals surface area contributed by atoms with Gasteiger partial charge in [-0.15, -0.1) is 0 Å². The van der Waals surface area contributed by atoms with Crippen molar-refractivity contribution in [3.05, 3.63) is 28.8 Å². The number of sulfonamides is 1. The molecule has 0 aliphatic heterocycles. The molecule has 0 heterocycles. The molecule has 0 bridgehead atoms. The molecule has 0 amide bonds. The molecule has 0 aliphatic carbocycles. The van der Waals surface area contributed by atoms with Gasteiger partial charge in [-0.1, -0.05) is 11.6 Å². The Bertz CT molecular complexity index is 601. The van der Waals surface area contributed by atoms with E-state index in [-0.39, 0.29) is 21.5 Å². The second kappa shape index (κ2) is 6.53. The Hall–Kier alpha value is -1.15. The molecule has 112 valence electrons. The van der Waals surface area contributed by atoms with Crippen LogP contribution in [-0.4, -0.2) is 51.1 Å². The maximum Gasteiger partial charge on any atom is 0.337 e. The molecule has 2 N–H and O–H groups in total. The highest BCUT2D eigenvalue weighted by molar-refractivity contribution is 7.89. The standard InChI is InChI=1S/C12H17ClN2O4S/c1-8(7-15(2)3)14-20(18,19)9-4-5-10(12(16)17)11(13)6-9/h4-6,8,14H,7H2,1-3H3,(H,16,17). The maximum atomic E-state index is 12.1. The minimum Gasteiger partial charge on any atom is -0.478 e. The van der Waals surface area contributed by atoms with E-state index in [0.717, 1.165) is 6.07 Å². The smallest absolute Gasteiger partial charge is 0.337 e. The lowest BCUT2D eigenvalue weighted by molar-refractivity contribution is 0.0697. The van der Waals surface area contributed by atoms with Gasteiger partial charge in [0.25, 0.3) is 0 Å². The first-order valence-electron chi connectivity index (χ1n) is 5.83. The Morgan fingerprint density at radius 1 is 1.45 bits per heavy atom. The molecule has 8 heteroatoms. The zero-order valence-corrected chi connectivity index (χ0v) is 13.0. The molecule has 1 atom stereocenters. The van der Waals surface area contributed by atoms with E-state index >= 15 is 0 Å². The van der Waals surface area contributed by atoms with Crippen LogP contribution in [0.1, 0.15) is 17.3 Å². The topological polar surface area (TPSA) is 86.7 Å². The minimum atomic E-state index is -3.72. The van der Waals surface area contributed by atoms with Gasteiger partial charge in [0.05, 0.1) is 15.5 Å². The molecule has 0 fully saturated rings. The molecule has 6 nitrogen and oxygen atoms in total. The Kier molecular flexibility index (Phi) is 5.52. The summed E-state index contributed by atoms with van der Waals surface area (Å²) >= 11 is 5.77. The van der Waals surface area contributed by atoms with Gasteiger partial charge in [-0.05, 0) is 39.2 Å². The van der Waals surface area contributed by atoms with E-state index in [9.17, 15) is 13.2 Å². The van der Waals surface area contributed by atoms with Crippen LogP contribution in [0.25, 0.3) is 0 Å². The third kappa shape index (κ3) is 4.45. The summed E-state index contributed by atoms with van der Waals surface area (Å²) in [5.74, 6) is -1.20. The van der Waals surface area contributed by atoms with E-state index in [1.165, 1.54) is 12.1 Å². The summed E-state index contributed by atoms with van der Waals surface area (Å²) in [5, 5.41) is 8.74. The first kappa shape index (κ1) is 16.9. The van der Waals surface area contributed by atoms with Crippen molar-refractivity contribution in [3.63, 3.8) is 0 Å². The second-order valence-corrected chi connectivity index (χ2v) is 6.85. The van der Waals surface area contributed by atoms with E-state index in [2.05, 4.69) is 4.72 Å². The SMILES string of the molecule is CC(CN(C)C)NS(=O)(=O)c1ccc(C(=O)O)c(Cl)c1. The predicted octanol–water partition coefficient (Wildman–Crippen LogP) is 1.27. The lowest BCUT2D eigenvalue weighted by atomic mass is 10.2. The van der Waals surface area contributed by atoms with Gasteiger partial charge in [-0.25, -0.2) is 17.9 Å². The predicted molar refractivity (Wildman–Crippen MR) is 76.7 cm³/mol. The molecular weight excluding hydrogens is 304 g/mol. The number of carboxylic acids is 1. The highest BCUT2D eigenvalue weighted by atomic mass is 35.5. The number of rotatable bonds is 6. The van der Waals surface area contributed by atoms with Crippen LogP contribution in [0.2, 0.25) is 5.02 Å². The van der Waals surface area contributed by atoms with Crippen molar-refractivity contribution in [2.45, 2.75) is 17.9 Å². The average molecular weight is 321 g/mol. The van der Waals surface area contributed by atoms with Crippen LogP contribution < -0.4 is 4.72 Å². The van der Waals surface area contributed by atoms with E-state index in [0.29, 0.717) is 6.54 Å². The van der Waals surface area contributed by atoms with Crippen LogP contribution in [-0.2, 0) is 10.0 Å². The molecule has 0 aliphatic rings. The van der Waals surface area contributed by atoms with Crippen molar-refractivity contribution >= 4 is 27.6 Å². The van der Waals surface area contributed by atoms with Crippen LogP contribution in [0, 0.1) is 0 Å². The maximum absolute atomic E-state index is 12.1. The Balaban J connectivity index is 2.99. The number of likely N-dealkylation sites (N-methyl/N-ethyl adjacent to an activating group) is 1. The molecule has 0 spiro atoms. The van der Waals surface area contributed by atoms with Crippen LogP contribution in [0.5, 0.6) is 0 Å². The average Bonchev–Trinajstić information content (AvgIpc) is 2.25. The third-order valence-corrected chi connectivity index (χ3v) is 4.38. The molecule has 0 saturated carbocycles. The first-order chi connectivity index (χ1) is 9.13. The number of nitrogens with one attached hydrogen (secondary N) is 1. The zero-order chi connectivity index (χ0) is 15.5. The Morgan fingerprint density at radius 3 is 2.50 bits per heavy atom. The summed E-state index contributed by atoms with van der Waals surface area (Å²) in [6, 6.07) is 3.25. The van der Waals surface area contributed by atoms with E-state index in [1.54, 1.807) is 6.92 Å². The number of hydrogen-bond acceptors (Lipinski definition) is 4. The fourth-order valence-corrected chi connectivity index (χ4v) is 3.34. The molecule has 0 aromatic heterocycles. The molecular formula is C12H17ClN2O4S. The molecule has 1 rings (SSSR count). The molecule has 1 aromatic carbocycles. The number of aromatic carboxylic acids is 1. The summed E-state index contributed by atoms with van der Waals surface area (Å²) in [5.41, 5.74) is -0.132. The van der Waals surface area contributed by atoms with Crippen LogP contribution in [0.15, 0.2) is 23.1 Å². The fourth-order valence-electron chi connectivity index (χ4n) is 1.75. The number of carboxylic acid groups (broad SMARTS) is 1. The minimum absolute atomic E-state index is 0.0573. The first-order valence-corrected chi connectivity index (χ1v) is 7.69. The highest BCUT2D eigenvalue weighted by Gasteiger charge is 2.20. The number of hydrogen-bond donors (Lipinski definition) is 2. The van der Waals surface area contributed by atoms with Gasteiger partial charge in [0.2, 0.25) is 10.0 Å². The number of benzene rings is 1. The molecule has 0 saturated heterocycles. The van der Waals surface area contributed by atoms with Gasteiger partial charge in [-0.3, -0.25) is 0 Å². The Labute approximate surface area is 123 Å². The molecule has 20 heavy (non-hydrogen) atoms. The summed E-state index contributed by atoms with van der Waals surface area (Å²) < 4.78 is 26.7. The number of carbonyl (C=O) groups is 1. The van der Waals surface area contributed by atoms with E-state index < -0.39 is 16.0 Å². The summed E-state index contributed by atoms with van der Waals surface area (Å²) in [4.78, 5) is 12.6. The lowest BCUT2D eigenvalue weighted by Gasteiger charge is -2.18. The monoisotopic (exact) mass is 320 g/mol. The summed E-state index contributed by atoms with van der Waals surface area (Å²) in [6.45, 7) is 2.28. The summed E-state index contributed by atoms with van der Waals surface area (Å²) in [7, 11) is -0.0509. The van der Waals surface area contributed by atoms with Crippen molar-refractivity contribution in [2.75, 3.05) is 20.6 Å². The lowest BCUT2D eigenvalue weighted by Crippen LogP contribution is -2.39. The largest absolute Gasteiger partial charge is 0.478 e. The van der Waals surface area contributed by atoms with Crippen LogP contribution >= 0.6 is 11.6 Å². The summed E-state index contributed by atoms with van der Waals surface area (Å²) in [6.07, 6.45) is 0.